The highest BCUT2D eigenvalue weighted by Crippen LogP contribution is 2.27. The van der Waals surface area contributed by atoms with E-state index in [1.54, 1.807) is 0 Å². The van der Waals surface area contributed by atoms with E-state index in [2.05, 4.69) is 32.6 Å². The highest BCUT2D eigenvalue weighted by molar-refractivity contribution is 5.10. The molecule has 1 aliphatic rings. The minimum absolute atomic E-state index is 0.642. The van der Waals surface area contributed by atoms with Crippen LogP contribution in [0.2, 0.25) is 0 Å². The van der Waals surface area contributed by atoms with E-state index in [1.807, 2.05) is 0 Å². The SMILES string of the molecule is C=CC1C=C(C)CC(C)C1. The Morgan fingerprint density at radius 3 is 2.90 bits per heavy atom. The summed E-state index contributed by atoms with van der Waals surface area (Å²) in [7, 11) is 0. The molecule has 1 aliphatic carbocycles. The van der Waals surface area contributed by atoms with Crippen LogP contribution < -0.4 is 0 Å². The zero-order chi connectivity index (χ0) is 7.56. The maximum absolute atomic E-state index is 3.81. The first kappa shape index (κ1) is 7.59. The summed E-state index contributed by atoms with van der Waals surface area (Å²) in [6.45, 7) is 8.34. The Balaban J connectivity index is 2.63. The topological polar surface area (TPSA) is 0 Å². The molecule has 1 rings (SSSR count). The van der Waals surface area contributed by atoms with Gasteiger partial charge in [0.15, 0.2) is 0 Å². The standard InChI is InChI=1S/C10H16/c1-4-10-6-8(2)5-9(3)7-10/h4,6,9-10H,1,5,7H2,2-3H3. The molecule has 0 saturated carbocycles. The van der Waals surface area contributed by atoms with Crippen molar-refractivity contribution in [1.29, 1.82) is 0 Å². The zero-order valence-corrected chi connectivity index (χ0v) is 6.93. The highest BCUT2D eigenvalue weighted by atomic mass is 14.2. The fraction of sp³-hybridized carbons (Fsp3) is 0.600. The summed E-state index contributed by atoms with van der Waals surface area (Å²) in [5.41, 5.74) is 1.53. The summed E-state index contributed by atoms with van der Waals surface area (Å²) in [6.07, 6.45) is 6.97. The summed E-state index contributed by atoms with van der Waals surface area (Å²) >= 11 is 0. The first-order valence-corrected chi connectivity index (χ1v) is 4.02. The lowest BCUT2D eigenvalue weighted by atomic mass is 9.84. The normalized spacial score (nSPS) is 33.2. The van der Waals surface area contributed by atoms with E-state index in [1.165, 1.54) is 18.4 Å². The Morgan fingerprint density at radius 2 is 2.40 bits per heavy atom. The van der Waals surface area contributed by atoms with Gasteiger partial charge in [-0.05, 0) is 31.6 Å². The second-order valence-electron chi connectivity index (χ2n) is 3.46. The lowest BCUT2D eigenvalue weighted by Crippen LogP contribution is -2.08. The van der Waals surface area contributed by atoms with Gasteiger partial charge >= 0.3 is 0 Å². The molecule has 10 heavy (non-hydrogen) atoms. The molecule has 0 aromatic carbocycles. The van der Waals surface area contributed by atoms with Crippen molar-refractivity contribution < 1.29 is 0 Å². The van der Waals surface area contributed by atoms with Gasteiger partial charge in [-0.15, -0.1) is 6.58 Å². The molecule has 0 N–H and O–H groups in total. The van der Waals surface area contributed by atoms with Crippen LogP contribution in [0.5, 0.6) is 0 Å². The average molecular weight is 136 g/mol. The van der Waals surface area contributed by atoms with Gasteiger partial charge in [0.1, 0.15) is 0 Å². The van der Waals surface area contributed by atoms with Gasteiger partial charge in [0.05, 0.1) is 0 Å². The second kappa shape index (κ2) is 3.05. The molecule has 0 heterocycles. The summed E-state index contributed by atoms with van der Waals surface area (Å²) in [5, 5.41) is 0. The van der Waals surface area contributed by atoms with E-state index in [0.717, 1.165) is 5.92 Å². The van der Waals surface area contributed by atoms with Crippen LogP contribution in [0.3, 0.4) is 0 Å². The van der Waals surface area contributed by atoms with Crippen molar-refractivity contribution in [3.8, 4) is 0 Å². The van der Waals surface area contributed by atoms with E-state index in [-0.39, 0.29) is 0 Å². The van der Waals surface area contributed by atoms with Crippen molar-refractivity contribution in [2.75, 3.05) is 0 Å². The van der Waals surface area contributed by atoms with E-state index in [4.69, 9.17) is 0 Å². The van der Waals surface area contributed by atoms with E-state index in [9.17, 15) is 0 Å². The van der Waals surface area contributed by atoms with E-state index < -0.39 is 0 Å². The minimum atomic E-state index is 0.642. The second-order valence-corrected chi connectivity index (χ2v) is 3.46. The minimum Gasteiger partial charge on any atom is -0.102 e. The molecule has 0 nitrogen and oxygen atoms in total. The number of rotatable bonds is 1. The van der Waals surface area contributed by atoms with E-state index in [0.29, 0.717) is 5.92 Å². The van der Waals surface area contributed by atoms with Crippen molar-refractivity contribution in [1.82, 2.24) is 0 Å². The summed E-state index contributed by atoms with van der Waals surface area (Å²) in [6, 6.07) is 0. The van der Waals surface area contributed by atoms with Crippen molar-refractivity contribution in [2.24, 2.45) is 11.8 Å². The molecule has 0 spiro atoms. The Hall–Kier alpha value is -0.520. The summed E-state index contributed by atoms with van der Waals surface area (Å²) < 4.78 is 0. The Morgan fingerprint density at radius 1 is 1.70 bits per heavy atom. The summed E-state index contributed by atoms with van der Waals surface area (Å²) in [5.74, 6) is 1.50. The van der Waals surface area contributed by atoms with Gasteiger partial charge in [0, 0.05) is 0 Å². The molecule has 0 aliphatic heterocycles. The van der Waals surface area contributed by atoms with Crippen LogP contribution in [0, 0.1) is 11.8 Å². The van der Waals surface area contributed by atoms with Gasteiger partial charge in [-0.1, -0.05) is 24.6 Å². The Kier molecular flexibility index (Phi) is 2.31. The molecule has 0 saturated heterocycles. The quantitative estimate of drug-likeness (QED) is 0.486. The van der Waals surface area contributed by atoms with Crippen molar-refractivity contribution in [3.05, 3.63) is 24.3 Å². The monoisotopic (exact) mass is 136 g/mol. The van der Waals surface area contributed by atoms with Crippen LogP contribution in [0.25, 0.3) is 0 Å². The molecule has 56 valence electrons. The molecule has 0 amide bonds. The van der Waals surface area contributed by atoms with Crippen molar-refractivity contribution in [3.63, 3.8) is 0 Å². The molecule has 2 unspecified atom stereocenters. The van der Waals surface area contributed by atoms with Crippen LogP contribution in [-0.4, -0.2) is 0 Å². The van der Waals surface area contributed by atoms with Crippen LogP contribution >= 0.6 is 0 Å². The zero-order valence-electron chi connectivity index (χ0n) is 6.93. The lowest BCUT2D eigenvalue weighted by Gasteiger charge is -2.21. The van der Waals surface area contributed by atoms with Crippen molar-refractivity contribution in [2.45, 2.75) is 26.7 Å². The predicted molar refractivity (Wildman–Crippen MR) is 45.8 cm³/mol. The van der Waals surface area contributed by atoms with E-state index >= 15 is 0 Å². The molecular weight excluding hydrogens is 120 g/mol. The molecular formula is C10H16. The molecule has 0 fully saturated rings. The maximum Gasteiger partial charge on any atom is -0.00510 e. The maximum atomic E-state index is 3.81. The third-order valence-corrected chi connectivity index (χ3v) is 2.15. The van der Waals surface area contributed by atoms with Gasteiger partial charge in [0.2, 0.25) is 0 Å². The van der Waals surface area contributed by atoms with Crippen LogP contribution in [-0.2, 0) is 0 Å². The van der Waals surface area contributed by atoms with Gasteiger partial charge in [-0.25, -0.2) is 0 Å². The smallest absolute Gasteiger partial charge is 0.00510 e. The van der Waals surface area contributed by atoms with Gasteiger partial charge in [-0.3, -0.25) is 0 Å². The molecule has 0 bridgehead atoms. The number of allylic oxidation sites excluding steroid dienone is 3. The predicted octanol–water partition coefficient (Wildman–Crippen LogP) is 3.16. The van der Waals surface area contributed by atoms with Crippen LogP contribution in [0.1, 0.15) is 26.7 Å². The fourth-order valence-corrected chi connectivity index (χ4v) is 1.76. The third-order valence-electron chi connectivity index (χ3n) is 2.15. The third kappa shape index (κ3) is 1.73. The van der Waals surface area contributed by atoms with Crippen molar-refractivity contribution >= 4 is 0 Å². The number of hydrogen-bond donors (Lipinski definition) is 0. The van der Waals surface area contributed by atoms with Crippen LogP contribution in [0.15, 0.2) is 24.3 Å². The Bertz CT molecular complexity index is 153. The summed E-state index contributed by atoms with van der Waals surface area (Å²) in [4.78, 5) is 0. The average Bonchev–Trinajstić information content (AvgIpc) is 1.85. The molecule has 0 radical (unpaired) electrons. The Labute approximate surface area is 63.6 Å². The first-order chi connectivity index (χ1) is 4.72. The molecule has 2 atom stereocenters. The molecule has 0 aromatic rings. The molecule has 0 aromatic heterocycles. The highest BCUT2D eigenvalue weighted by Gasteiger charge is 2.13. The van der Waals surface area contributed by atoms with Gasteiger partial charge in [-0.2, -0.15) is 0 Å². The molecule has 0 heteroatoms. The van der Waals surface area contributed by atoms with Crippen LogP contribution in [0.4, 0.5) is 0 Å². The fourth-order valence-electron chi connectivity index (χ4n) is 1.76. The van der Waals surface area contributed by atoms with Gasteiger partial charge < -0.3 is 0 Å². The first-order valence-electron chi connectivity index (χ1n) is 4.02. The largest absolute Gasteiger partial charge is 0.102 e. The number of hydrogen-bond acceptors (Lipinski definition) is 0. The van der Waals surface area contributed by atoms with Gasteiger partial charge in [0.25, 0.3) is 0 Å². The lowest BCUT2D eigenvalue weighted by molar-refractivity contribution is 0.459.